The fourth-order valence-electron chi connectivity index (χ4n) is 3.59. The van der Waals surface area contributed by atoms with Gasteiger partial charge in [-0.2, -0.15) is 18.3 Å². The SMILES string of the molecule is Nc1cc(OCCN2CCOCC2)ccc1Nc1ccc(CC=O)c(-n2ccc(C(F)(F)F)n2)n1. The molecule has 9 nitrogen and oxygen atoms in total. The minimum absolute atomic E-state index is 0.0253. The first-order valence-electron chi connectivity index (χ1n) is 11.0. The number of aromatic nitrogens is 3. The Bertz CT molecular complexity index is 1160. The lowest BCUT2D eigenvalue weighted by Gasteiger charge is -2.26. The van der Waals surface area contributed by atoms with E-state index in [1.54, 1.807) is 30.3 Å². The number of morpholine rings is 1. The summed E-state index contributed by atoms with van der Waals surface area (Å²) < 4.78 is 51.1. The van der Waals surface area contributed by atoms with Gasteiger partial charge in [0, 0.05) is 43.9 Å². The Morgan fingerprint density at radius 1 is 1.17 bits per heavy atom. The van der Waals surface area contributed by atoms with E-state index in [0.29, 0.717) is 41.4 Å². The van der Waals surface area contributed by atoms with Crippen LogP contribution in [0.25, 0.3) is 5.82 Å². The maximum Gasteiger partial charge on any atom is 0.435 e. The van der Waals surface area contributed by atoms with Gasteiger partial charge in [0.2, 0.25) is 0 Å². The summed E-state index contributed by atoms with van der Waals surface area (Å²) in [7, 11) is 0. The van der Waals surface area contributed by atoms with Gasteiger partial charge in [0.1, 0.15) is 24.5 Å². The zero-order valence-corrected chi connectivity index (χ0v) is 18.8. The van der Waals surface area contributed by atoms with Gasteiger partial charge >= 0.3 is 6.18 Å². The molecular formula is C23H25F3N6O3. The molecule has 1 fully saturated rings. The third-order valence-electron chi connectivity index (χ3n) is 5.42. The molecule has 3 heterocycles. The average Bonchev–Trinajstić information content (AvgIpc) is 3.34. The molecule has 1 aliphatic heterocycles. The number of nitrogen functional groups attached to an aromatic ring is 1. The van der Waals surface area contributed by atoms with Gasteiger partial charge in [0.25, 0.3) is 0 Å². The van der Waals surface area contributed by atoms with Crippen molar-refractivity contribution in [2.75, 3.05) is 50.5 Å². The van der Waals surface area contributed by atoms with E-state index in [2.05, 4.69) is 20.3 Å². The number of benzene rings is 1. The third-order valence-corrected chi connectivity index (χ3v) is 5.42. The van der Waals surface area contributed by atoms with Crippen LogP contribution >= 0.6 is 0 Å². The monoisotopic (exact) mass is 490 g/mol. The van der Waals surface area contributed by atoms with E-state index in [1.165, 1.54) is 0 Å². The number of nitrogens with one attached hydrogen (secondary N) is 1. The quantitative estimate of drug-likeness (QED) is 0.348. The molecule has 3 aromatic rings. The number of ether oxygens (including phenoxy) is 2. The van der Waals surface area contributed by atoms with Gasteiger partial charge in [0.15, 0.2) is 11.5 Å². The summed E-state index contributed by atoms with van der Waals surface area (Å²) in [6, 6.07) is 9.25. The topological polar surface area (TPSA) is 108 Å². The number of carbonyl (C=O) groups is 1. The molecule has 12 heteroatoms. The molecule has 0 amide bonds. The molecular weight excluding hydrogens is 465 g/mol. The molecule has 3 N–H and O–H groups in total. The van der Waals surface area contributed by atoms with Crippen molar-refractivity contribution in [2.45, 2.75) is 12.6 Å². The number of aldehydes is 1. The first-order chi connectivity index (χ1) is 16.8. The summed E-state index contributed by atoms with van der Waals surface area (Å²) in [6.45, 7) is 4.51. The first kappa shape index (κ1) is 24.5. The van der Waals surface area contributed by atoms with Crippen LogP contribution in [0.1, 0.15) is 11.3 Å². The fraction of sp³-hybridized carbons (Fsp3) is 0.348. The molecule has 1 saturated heterocycles. The second-order valence-electron chi connectivity index (χ2n) is 7.87. The van der Waals surface area contributed by atoms with Gasteiger partial charge in [0.05, 0.1) is 24.6 Å². The van der Waals surface area contributed by atoms with E-state index >= 15 is 0 Å². The normalized spacial score (nSPS) is 14.6. The predicted molar refractivity (Wildman–Crippen MR) is 123 cm³/mol. The Hall–Kier alpha value is -3.64. The van der Waals surface area contributed by atoms with Crippen LogP contribution in [0.5, 0.6) is 5.75 Å². The number of nitrogens with two attached hydrogens (primary N) is 1. The summed E-state index contributed by atoms with van der Waals surface area (Å²) >= 11 is 0. The lowest BCUT2D eigenvalue weighted by Crippen LogP contribution is -2.38. The number of anilines is 3. The standard InChI is InChI=1S/C23H25F3N6O3/c24-23(25,26)20-5-7-32(30-20)22-16(6-11-33)1-4-21(29-22)28-19-3-2-17(15-18(19)27)35-14-10-31-8-12-34-13-9-31/h1-5,7,11,15H,6,8-10,12-14,27H2,(H,28,29). The molecule has 0 bridgehead atoms. The van der Waals surface area contributed by atoms with Gasteiger partial charge in [-0.25, -0.2) is 9.67 Å². The van der Waals surface area contributed by atoms with Crippen LogP contribution in [0.4, 0.5) is 30.4 Å². The van der Waals surface area contributed by atoms with Crippen molar-refractivity contribution in [3.05, 3.63) is 53.9 Å². The number of rotatable bonds is 9. The highest BCUT2D eigenvalue weighted by molar-refractivity contribution is 5.73. The van der Waals surface area contributed by atoms with E-state index in [9.17, 15) is 18.0 Å². The molecule has 0 unspecified atom stereocenters. The van der Waals surface area contributed by atoms with Crippen LogP contribution in [0, 0.1) is 0 Å². The van der Waals surface area contributed by atoms with Crippen molar-refractivity contribution >= 4 is 23.5 Å². The molecule has 2 aromatic heterocycles. The van der Waals surface area contributed by atoms with Crippen LogP contribution in [0.3, 0.4) is 0 Å². The Morgan fingerprint density at radius 3 is 2.66 bits per heavy atom. The highest BCUT2D eigenvalue weighted by Crippen LogP contribution is 2.30. The van der Waals surface area contributed by atoms with Crippen molar-refractivity contribution in [1.82, 2.24) is 19.7 Å². The number of carbonyl (C=O) groups excluding carboxylic acids is 1. The van der Waals surface area contributed by atoms with Crippen molar-refractivity contribution in [3.8, 4) is 11.6 Å². The Labute approximate surface area is 199 Å². The van der Waals surface area contributed by atoms with E-state index < -0.39 is 11.9 Å². The van der Waals surface area contributed by atoms with Crippen LogP contribution in [-0.4, -0.2) is 65.4 Å². The molecule has 0 aliphatic carbocycles. The summed E-state index contributed by atoms with van der Waals surface area (Å²) in [6.07, 6.45) is -2.81. The largest absolute Gasteiger partial charge is 0.492 e. The van der Waals surface area contributed by atoms with Gasteiger partial charge in [-0.3, -0.25) is 4.90 Å². The van der Waals surface area contributed by atoms with Crippen LogP contribution in [0.15, 0.2) is 42.6 Å². The van der Waals surface area contributed by atoms with Gasteiger partial charge in [-0.05, 0) is 24.3 Å². The van der Waals surface area contributed by atoms with Gasteiger partial charge < -0.3 is 25.3 Å². The molecule has 0 saturated carbocycles. The highest BCUT2D eigenvalue weighted by atomic mass is 19.4. The summed E-state index contributed by atoms with van der Waals surface area (Å²) in [4.78, 5) is 17.7. The molecule has 1 aliphatic rings. The van der Waals surface area contributed by atoms with E-state index in [0.717, 1.165) is 49.8 Å². The van der Waals surface area contributed by atoms with Crippen LogP contribution in [-0.2, 0) is 22.1 Å². The average molecular weight is 490 g/mol. The van der Waals surface area contributed by atoms with Crippen molar-refractivity contribution < 1.29 is 27.4 Å². The first-order valence-corrected chi connectivity index (χ1v) is 11.0. The zero-order valence-electron chi connectivity index (χ0n) is 18.8. The number of halogens is 3. The molecule has 0 spiro atoms. The van der Waals surface area contributed by atoms with Crippen molar-refractivity contribution in [3.63, 3.8) is 0 Å². The Balaban J connectivity index is 1.46. The maximum absolute atomic E-state index is 13.0. The molecule has 35 heavy (non-hydrogen) atoms. The van der Waals surface area contributed by atoms with Crippen molar-refractivity contribution in [2.24, 2.45) is 0 Å². The zero-order chi connectivity index (χ0) is 24.8. The third kappa shape index (κ3) is 6.28. The molecule has 1 aromatic carbocycles. The second-order valence-corrected chi connectivity index (χ2v) is 7.87. The lowest BCUT2D eigenvalue weighted by atomic mass is 10.2. The summed E-state index contributed by atoms with van der Waals surface area (Å²) in [5.74, 6) is 1.05. The summed E-state index contributed by atoms with van der Waals surface area (Å²) in [5, 5.41) is 6.63. The minimum atomic E-state index is -4.59. The van der Waals surface area contributed by atoms with Crippen LogP contribution < -0.4 is 15.8 Å². The number of pyridine rings is 1. The van der Waals surface area contributed by atoms with Gasteiger partial charge in [-0.1, -0.05) is 6.07 Å². The van der Waals surface area contributed by atoms with E-state index in [1.807, 2.05) is 0 Å². The van der Waals surface area contributed by atoms with E-state index in [4.69, 9.17) is 15.2 Å². The molecule has 4 rings (SSSR count). The Kier molecular flexibility index (Phi) is 7.51. The number of hydrogen-bond acceptors (Lipinski definition) is 8. The number of nitrogens with zero attached hydrogens (tertiary/aromatic N) is 4. The molecule has 0 atom stereocenters. The Morgan fingerprint density at radius 2 is 1.97 bits per heavy atom. The predicted octanol–water partition coefficient (Wildman–Crippen LogP) is 3.06. The lowest BCUT2D eigenvalue weighted by molar-refractivity contribution is -0.141. The van der Waals surface area contributed by atoms with Gasteiger partial charge in [-0.15, -0.1) is 0 Å². The fourth-order valence-corrected chi connectivity index (χ4v) is 3.59. The minimum Gasteiger partial charge on any atom is -0.492 e. The number of hydrogen-bond donors (Lipinski definition) is 2. The van der Waals surface area contributed by atoms with Crippen LogP contribution in [0.2, 0.25) is 0 Å². The van der Waals surface area contributed by atoms with Crippen molar-refractivity contribution in [1.29, 1.82) is 0 Å². The van der Waals surface area contributed by atoms with E-state index in [-0.39, 0.29) is 12.2 Å². The number of alkyl halides is 3. The summed E-state index contributed by atoms with van der Waals surface area (Å²) in [5.41, 5.74) is 6.51. The molecule has 186 valence electrons. The smallest absolute Gasteiger partial charge is 0.435 e. The maximum atomic E-state index is 13.0. The highest BCUT2D eigenvalue weighted by Gasteiger charge is 2.34. The second kappa shape index (κ2) is 10.7. The molecule has 0 radical (unpaired) electrons.